The van der Waals surface area contributed by atoms with Crippen LogP contribution in [0.1, 0.15) is 16.7 Å². The average molecular weight is 494 g/mol. The highest BCUT2D eigenvalue weighted by atomic mass is 35.5. The van der Waals surface area contributed by atoms with E-state index in [1.807, 2.05) is 0 Å². The van der Waals surface area contributed by atoms with E-state index in [0.29, 0.717) is 0 Å². The van der Waals surface area contributed by atoms with Crippen LogP contribution < -0.4 is 0 Å². The molecule has 152 valence electrons. The molecule has 0 saturated carbocycles. The summed E-state index contributed by atoms with van der Waals surface area (Å²) in [6.07, 6.45) is 0. The van der Waals surface area contributed by atoms with Crippen LogP contribution >= 0.6 is 46.4 Å². The van der Waals surface area contributed by atoms with Crippen LogP contribution in [0.2, 0.25) is 20.1 Å². The molecule has 0 aliphatic heterocycles. The first-order valence-corrected chi connectivity index (χ1v) is 10.8. The van der Waals surface area contributed by atoms with Crippen LogP contribution in [0.15, 0.2) is 54.6 Å². The fraction of sp³-hybridized carbons (Fsp3) is 0.0526. The molecule has 3 aromatic carbocycles. The summed E-state index contributed by atoms with van der Waals surface area (Å²) in [6.45, 7) is 0. The van der Waals surface area contributed by atoms with Gasteiger partial charge in [-0.2, -0.15) is 8.42 Å². The summed E-state index contributed by atoms with van der Waals surface area (Å²) in [6, 6.07) is 12.3. The Bertz CT molecular complexity index is 1170. The van der Waals surface area contributed by atoms with Gasteiger partial charge in [-0.25, -0.2) is 0 Å². The molecular formula is C19H12Cl4O5S. The maximum absolute atomic E-state index is 13.0. The van der Waals surface area contributed by atoms with Gasteiger partial charge in [0.25, 0.3) is 10.1 Å². The molecule has 29 heavy (non-hydrogen) atoms. The topological polar surface area (TPSA) is 94.8 Å². The molecule has 5 nitrogen and oxygen atoms in total. The Morgan fingerprint density at radius 1 is 0.793 bits per heavy atom. The minimum atomic E-state index is -5.10. The highest BCUT2D eigenvalue weighted by molar-refractivity contribution is 7.87. The van der Waals surface area contributed by atoms with Gasteiger partial charge in [0.15, 0.2) is 4.75 Å². The normalized spacial score (nSPS) is 12.2. The van der Waals surface area contributed by atoms with Crippen LogP contribution in [0.5, 0.6) is 11.5 Å². The fourth-order valence-electron chi connectivity index (χ4n) is 3.23. The Morgan fingerprint density at radius 3 is 1.69 bits per heavy atom. The van der Waals surface area contributed by atoms with E-state index >= 15 is 0 Å². The highest BCUT2D eigenvalue weighted by Crippen LogP contribution is 2.53. The monoisotopic (exact) mass is 492 g/mol. The smallest absolute Gasteiger partial charge is 0.283 e. The average Bonchev–Trinajstić information content (AvgIpc) is 2.62. The van der Waals surface area contributed by atoms with E-state index < -0.39 is 37.0 Å². The van der Waals surface area contributed by atoms with Gasteiger partial charge in [0, 0.05) is 21.7 Å². The number of hydrogen-bond donors (Lipinski definition) is 3. The van der Waals surface area contributed by atoms with Gasteiger partial charge in [-0.15, -0.1) is 0 Å². The molecule has 0 spiro atoms. The number of benzene rings is 3. The van der Waals surface area contributed by atoms with E-state index in [4.69, 9.17) is 46.4 Å². The summed E-state index contributed by atoms with van der Waals surface area (Å²) in [4.78, 5) is 0. The lowest BCUT2D eigenvalue weighted by Gasteiger charge is -2.34. The van der Waals surface area contributed by atoms with Crippen molar-refractivity contribution in [2.75, 3.05) is 0 Å². The van der Waals surface area contributed by atoms with Gasteiger partial charge in [0.2, 0.25) is 0 Å². The quantitative estimate of drug-likeness (QED) is 0.311. The second kappa shape index (κ2) is 7.87. The van der Waals surface area contributed by atoms with Crippen LogP contribution in [-0.2, 0) is 14.9 Å². The Balaban J connectivity index is 2.64. The molecule has 0 aliphatic rings. The first-order chi connectivity index (χ1) is 13.5. The summed E-state index contributed by atoms with van der Waals surface area (Å²) < 4.78 is 34.0. The number of hydrogen-bond acceptors (Lipinski definition) is 4. The molecule has 0 amide bonds. The van der Waals surface area contributed by atoms with Gasteiger partial charge < -0.3 is 10.2 Å². The molecule has 0 aromatic heterocycles. The number of phenols is 2. The molecule has 0 bridgehead atoms. The molecule has 0 atom stereocenters. The standard InChI is InChI=1S/C19H12Cl4O5S/c20-12-5-1-3-10(7-12)19(29(26,27)28,11-4-2-6-13(21)8-11)16-14(22)9-15(24)17(23)18(16)25/h1-9,24-25H,(H,26,27,28). The lowest BCUT2D eigenvalue weighted by Crippen LogP contribution is -2.38. The zero-order valence-electron chi connectivity index (χ0n) is 14.3. The Labute approximate surface area is 186 Å². The number of phenolic OH excluding ortho intramolecular Hbond substituents is 2. The number of aromatic hydroxyl groups is 2. The second-order valence-corrected chi connectivity index (χ2v) is 9.31. The molecule has 10 heteroatoms. The third kappa shape index (κ3) is 3.65. The summed E-state index contributed by atoms with van der Waals surface area (Å²) in [5, 5.41) is 20.0. The van der Waals surface area contributed by atoms with Crippen molar-refractivity contribution in [3.63, 3.8) is 0 Å². The largest absolute Gasteiger partial charge is 0.506 e. The van der Waals surface area contributed by atoms with E-state index in [-0.39, 0.29) is 26.2 Å². The first kappa shape index (κ1) is 22.0. The lowest BCUT2D eigenvalue weighted by atomic mass is 9.83. The van der Waals surface area contributed by atoms with Crippen LogP contribution in [-0.4, -0.2) is 23.2 Å². The number of halogens is 4. The van der Waals surface area contributed by atoms with E-state index in [1.54, 1.807) is 0 Å². The molecule has 0 fully saturated rings. The Morgan fingerprint density at radius 2 is 1.28 bits per heavy atom. The molecular weight excluding hydrogens is 482 g/mol. The van der Waals surface area contributed by atoms with Crippen molar-refractivity contribution in [3.8, 4) is 11.5 Å². The van der Waals surface area contributed by atoms with Crippen LogP contribution in [0.4, 0.5) is 0 Å². The third-order valence-corrected chi connectivity index (χ3v) is 6.96. The number of rotatable bonds is 4. The van der Waals surface area contributed by atoms with Crippen LogP contribution in [0.3, 0.4) is 0 Å². The van der Waals surface area contributed by atoms with Gasteiger partial charge in [0.1, 0.15) is 16.5 Å². The summed E-state index contributed by atoms with van der Waals surface area (Å²) in [5.41, 5.74) is -0.531. The predicted octanol–water partition coefficient (Wildman–Crippen LogP) is 5.89. The molecule has 0 saturated heterocycles. The first-order valence-electron chi connectivity index (χ1n) is 7.89. The molecule has 0 heterocycles. The molecule has 3 aromatic rings. The van der Waals surface area contributed by atoms with Crippen molar-refractivity contribution in [1.82, 2.24) is 0 Å². The zero-order chi connectivity index (χ0) is 21.6. The van der Waals surface area contributed by atoms with Crippen molar-refractivity contribution in [2.45, 2.75) is 4.75 Å². The van der Waals surface area contributed by atoms with Crippen molar-refractivity contribution < 1.29 is 23.2 Å². The van der Waals surface area contributed by atoms with E-state index in [9.17, 15) is 23.2 Å². The Kier molecular flexibility index (Phi) is 5.98. The van der Waals surface area contributed by atoms with Gasteiger partial charge in [-0.3, -0.25) is 4.55 Å². The lowest BCUT2D eigenvalue weighted by molar-refractivity contribution is 0.431. The molecule has 3 rings (SSSR count). The van der Waals surface area contributed by atoms with Crippen LogP contribution in [0, 0.1) is 0 Å². The molecule has 0 aliphatic carbocycles. The van der Waals surface area contributed by atoms with E-state index in [1.165, 1.54) is 48.5 Å². The second-order valence-electron chi connectivity index (χ2n) is 6.09. The summed E-state index contributed by atoms with van der Waals surface area (Å²) in [5.74, 6) is -1.39. The van der Waals surface area contributed by atoms with Gasteiger partial charge in [-0.1, -0.05) is 70.7 Å². The molecule has 0 radical (unpaired) electrons. The fourth-order valence-corrected chi connectivity index (χ4v) is 5.47. The Hall–Kier alpha value is -1.67. The summed E-state index contributed by atoms with van der Waals surface area (Å²) in [7, 11) is -5.10. The molecule has 3 N–H and O–H groups in total. The maximum atomic E-state index is 13.0. The van der Waals surface area contributed by atoms with Crippen molar-refractivity contribution >= 4 is 56.5 Å². The van der Waals surface area contributed by atoms with Crippen molar-refractivity contribution in [3.05, 3.63) is 91.4 Å². The maximum Gasteiger partial charge on any atom is 0.283 e. The van der Waals surface area contributed by atoms with Crippen molar-refractivity contribution in [2.24, 2.45) is 0 Å². The minimum Gasteiger partial charge on any atom is -0.506 e. The van der Waals surface area contributed by atoms with Crippen molar-refractivity contribution in [1.29, 1.82) is 0 Å². The van der Waals surface area contributed by atoms with Gasteiger partial charge in [0.05, 0.1) is 5.02 Å². The highest BCUT2D eigenvalue weighted by Gasteiger charge is 2.52. The predicted molar refractivity (Wildman–Crippen MR) is 114 cm³/mol. The van der Waals surface area contributed by atoms with E-state index in [0.717, 1.165) is 6.07 Å². The zero-order valence-corrected chi connectivity index (χ0v) is 18.1. The van der Waals surface area contributed by atoms with Crippen LogP contribution in [0.25, 0.3) is 0 Å². The van der Waals surface area contributed by atoms with Gasteiger partial charge >= 0.3 is 0 Å². The summed E-state index contributed by atoms with van der Waals surface area (Å²) >= 11 is 24.4. The minimum absolute atomic E-state index is 0.0336. The van der Waals surface area contributed by atoms with E-state index in [2.05, 4.69) is 0 Å². The third-order valence-electron chi connectivity index (χ3n) is 4.37. The molecule has 0 unspecified atom stereocenters. The van der Waals surface area contributed by atoms with Gasteiger partial charge in [-0.05, 0) is 35.4 Å². The SMILES string of the molecule is O=S(=O)(O)C(c1cccc(Cl)c1)(c1cccc(Cl)c1)c1c(Cl)cc(O)c(Cl)c1O.